The van der Waals surface area contributed by atoms with Crippen molar-refractivity contribution in [2.75, 3.05) is 12.4 Å². The van der Waals surface area contributed by atoms with Crippen molar-refractivity contribution < 1.29 is 4.74 Å². The van der Waals surface area contributed by atoms with Gasteiger partial charge >= 0.3 is 0 Å². The zero-order valence-electron chi connectivity index (χ0n) is 8.58. The Morgan fingerprint density at radius 2 is 2.36 bits per heavy atom. The molecule has 0 unspecified atom stereocenters. The van der Waals surface area contributed by atoms with E-state index in [1.165, 1.54) is 12.8 Å². The molecule has 0 spiro atoms. The highest BCUT2D eigenvalue weighted by atomic mass is 16.5. The van der Waals surface area contributed by atoms with Gasteiger partial charge in [0.15, 0.2) is 0 Å². The van der Waals surface area contributed by atoms with Crippen molar-refractivity contribution in [3.05, 3.63) is 17.5 Å². The second-order valence-corrected chi connectivity index (χ2v) is 3.66. The second kappa shape index (κ2) is 3.92. The van der Waals surface area contributed by atoms with Gasteiger partial charge in [-0.05, 0) is 19.8 Å². The molecule has 1 fully saturated rings. The number of nitrogens with one attached hydrogen (secondary N) is 1. The zero-order valence-corrected chi connectivity index (χ0v) is 8.58. The van der Waals surface area contributed by atoms with Gasteiger partial charge in [-0.3, -0.25) is 0 Å². The van der Waals surface area contributed by atoms with Gasteiger partial charge in [0, 0.05) is 30.6 Å². The van der Waals surface area contributed by atoms with Crippen LogP contribution in [-0.4, -0.2) is 23.1 Å². The normalized spacial score (nSPS) is 15.6. The molecule has 0 saturated heterocycles. The third kappa shape index (κ3) is 2.20. The van der Waals surface area contributed by atoms with Crippen LogP contribution in [0.1, 0.15) is 24.1 Å². The number of aryl methyl sites for hydroxylation is 1. The first kappa shape index (κ1) is 9.40. The third-order valence-corrected chi connectivity index (χ3v) is 2.29. The first-order valence-corrected chi connectivity index (χ1v) is 4.87. The van der Waals surface area contributed by atoms with Crippen LogP contribution < -0.4 is 5.32 Å². The highest BCUT2D eigenvalue weighted by Gasteiger charge is 2.21. The van der Waals surface area contributed by atoms with Crippen molar-refractivity contribution in [3.63, 3.8) is 0 Å². The second-order valence-electron chi connectivity index (χ2n) is 3.66. The predicted molar refractivity (Wildman–Crippen MR) is 54.1 cm³/mol. The maximum Gasteiger partial charge on any atom is 0.223 e. The Morgan fingerprint density at radius 3 is 2.93 bits per heavy atom. The molecular weight excluding hydrogens is 178 g/mol. The van der Waals surface area contributed by atoms with Crippen molar-refractivity contribution >= 4 is 5.95 Å². The largest absolute Gasteiger partial charge is 0.380 e. The molecular formula is C10H15N3O. The van der Waals surface area contributed by atoms with Gasteiger partial charge in [0.25, 0.3) is 0 Å². The monoisotopic (exact) mass is 193 g/mol. The summed E-state index contributed by atoms with van der Waals surface area (Å²) >= 11 is 0. The molecule has 0 amide bonds. The van der Waals surface area contributed by atoms with Crippen LogP contribution in [0.4, 0.5) is 5.95 Å². The molecule has 1 saturated carbocycles. The van der Waals surface area contributed by atoms with E-state index in [1.807, 2.05) is 13.1 Å². The van der Waals surface area contributed by atoms with Gasteiger partial charge in [-0.2, -0.15) is 0 Å². The fourth-order valence-corrected chi connectivity index (χ4v) is 1.27. The molecule has 76 valence electrons. The summed E-state index contributed by atoms with van der Waals surface area (Å²) in [5, 5.41) is 3.26. The van der Waals surface area contributed by atoms with E-state index >= 15 is 0 Å². The Labute approximate surface area is 83.7 Å². The zero-order chi connectivity index (χ0) is 9.97. The molecule has 1 aromatic rings. The average Bonchev–Trinajstić information content (AvgIpc) is 2.94. The summed E-state index contributed by atoms with van der Waals surface area (Å²) in [6, 6.07) is 0.600. The topological polar surface area (TPSA) is 47.0 Å². The molecule has 1 heterocycles. The van der Waals surface area contributed by atoms with Crippen LogP contribution in [0, 0.1) is 6.92 Å². The Hall–Kier alpha value is -1.16. The Bertz CT molecular complexity index is 323. The van der Waals surface area contributed by atoms with Crippen molar-refractivity contribution in [2.45, 2.75) is 32.4 Å². The number of ether oxygens (including phenoxy) is 1. The highest BCUT2D eigenvalue weighted by molar-refractivity contribution is 5.31. The standard InChI is InChI=1S/C10H15N3O/c1-7-8(6-14-2)5-11-10(12-7)13-9-3-4-9/h5,9H,3-4,6H2,1-2H3,(H,11,12,13). The fourth-order valence-electron chi connectivity index (χ4n) is 1.27. The van der Waals surface area contributed by atoms with E-state index in [9.17, 15) is 0 Å². The van der Waals surface area contributed by atoms with Gasteiger partial charge < -0.3 is 10.1 Å². The number of methoxy groups -OCH3 is 1. The summed E-state index contributed by atoms with van der Waals surface area (Å²) in [6.45, 7) is 2.56. The number of nitrogens with zero attached hydrogens (tertiary/aromatic N) is 2. The molecule has 1 aliphatic carbocycles. The molecule has 1 N–H and O–H groups in total. The molecule has 0 aromatic carbocycles. The predicted octanol–water partition coefficient (Wildman–Crippen LogP) is 1.51. The number of anilines is 1. The maximum atomic E-state index is 5.04. The van der Waals surface area contributed by atoms with E-state index in [-0.39, 0.29) is 0 Å². The van der Waals surface area contributed by atoms with Gasteiger partial charge in [-0.25, -0.2) is 9.97 Å². The quantitative estimate of drug-likeness (QED) is 0.787. The first-order valence-electron chi connectivity index (χ1n) is 4.87. The van der Waals surface area contributed by atoms with Gasteiger partial charge in [-0.15, -0.1) is 0 Å². The molecule has 0 atom stereocenters. The van der Waals surface area contributed by atoms with E-state index < -0.39 is 0 Å². The van der Waals surface area contributed by atoms with E-state index in [1.54, 1.807) is 7.11 Å². The minimum absolute atomic E-state index is 0.579. The summed E-state index contributed by atoms with van der Waals surface area (Å²) in [5.41, 5.74) is 2.04. The van der Waals surface area contributed by atoms with Crippen molar-refractivity contribution in [1.29, 1.82) is 0 Å². The smallest absolute Gasteiger partial charge is 0.223 e. The lowest BCUT2D eigenvalue weighted by atomic mass is 10.2. The van der Waals surface area contributed by atoms with Gasteiger partial charge in [0.05, 0.1) is 6.61 Å². The average molecular weight is 193 g/mol. The molecule has 0 aliphatic heterocycles. The lowest BCUT2D eigenvalue weighted by Gasteiger charge is -2.06. The summed E-state index contributed by atoms with van der Waals surface area (Å²) < 4.78 is 5.04. The number of aromatic nitrogens is 2. The van der Waals surface area contributed by atoms with Crippen LogP contribution in [0.5, 0.6) is 0 Å². The summed E-state index contributed by atoms with van der Waals surface area (Å²) in [7, 11) is 1.68. The Balaban J connectivity index is 2.08. The molecule has 14 heavy (non-hydrogen) atoms. The van der Waals surface area contributed by atoms with Gasteiger partial charge in [0.1, 0.15) is 0 Å². The van der Waals surface area contributed by atoms with Crippen molar-refractivity contribution in [2.24, 2.45) is 0 Å². The minimum atomic E-state index is 0.579. The molecule has 0 bridgehead atoms. The molecule has 0 radical (unpaired) electrons. The van der Waals surface area contributed by atoms with Crippen molar-refractivity contribution in [1.82, 2.24) is 9.97 Å². The lowest BCUT2D eigenvalue weighted by molar-refractivity contribution is 0.183. The third-order valence-electron chi connectivity index (χ3n) is 2.29. The van der Waals surface area contributed by atoms with Crippen LogP contribution in [0.25, 0.3) is 0 Å². The van der Waals surface area contributed by atoms with Crippen LogP contribution in [-0.2, 0) is 11.3 Å². The number of hydrogen-bond acceptors (Lipinski definition) is 4. The number of rotatable bonds is 4. The fraction of sp³-hybridized carbons (Fsp3) is 0.600. The first-order chi connectivity index (χ1) is 6.79. The van der Waals surface area contributed by atoms with Crippen molar-refractivity contribution in [3.8, 4) is 0 Å². The molecule has 4 nitrogen and oxygen atoms in total. The van der Waals surface area contributed by atoms with Crippen LogP contribution in [0.15, 0.2) is 6.20 Å². The molecule has 1 aliphatic rings. The van der Waals surface area contributed by atoms with Crippen LogP contribution >= 0.6 is 0 Å². The van der Waals surface area contributed by atoms with E-state index in [2.05, 4.69) is 15.3 Å². The summed E-state index contributed by atoms with van der Waals surface area (Å²) in [6.07, 6.45) is 4.31. The Kier molecular flexibility index (Phi) is 2.63. The van der Waals surface area contributed by atoms with Gasteiger partial charge in [-0.1, -0.05) is 0 Å². The SMILES string of the molecule is COCc1cnc(NC2CC2)nc1C. The van der Waals surface area contributed by atoms with E-state index in [4.69, 9.17) is 4.74 Å². The van der Waals surface area contributed by atoms with Crippen LogP contribution in [0.3, 0.4) is 0 Å². The van der Waals surface area contributed by atoms with E-state index in [0.717, 1.165) is 17.2 Å². The minimum Gasteiger partial charge on any atom is -0.380 e. The van der Waals surface area contributed by atoms with Gasteiger partial charge in [0.2, 0.25) is 5.95 Å². The molecule has 4 heteroatoms. The molecule has 1 aromatic heterocycles. The maximum absolute atomic E-state index is 5.04. The summed E-state index contributed by atoms with van der Waals surface area (Å²) in [4.78, 5) is 8.61. The van der Waals surface area contributed by atoms with Crippen LogP contribution in [0.2, 0.25) is 0 Å². The van der Waals surface area contributed by atoms with E-state index in [0.29, 0.717) is 12.6 Å². The summed E-state index contributed by atoms with van der Waals surface area (Å²) in [5.74, 6) is 0.741. The lowest BCUT2D eigenvalue weighted by Crippen LogP contribution is -2.07. The molecule has 2 rings (SSSR count). The highest BCUT2D eigenvalue weighted by Crippen LogP contribution is 2.23. The number of hydrogen-bond donors (Lipinski definition) is 1. The Morgan fingerprint density at radius 1 is 1.57 bits per heavy atom.